The normalized spacial score (nSPS) is 24.4. The topological polar surface area (TPSA) is 181 Å². The van der Waals surface area contributed by atoms with Gasteiger partial charge in [0.05, 0.1) is 50.4 Å². The molecule has 4 atom stereocenters. The molecule has 3 aromatic rings. The van der Waals surface area contributed by atoms with E-state index in [0.717, 1.165) is 80.0 Å². The molecule has 5 fully saturated rings. The highest BCUT2D eigenvalue weighted by atomic mass is 16.5. The molecule has 4 aliphatic heterocycles. The van der Waals surface area contributed by atoms with E-state index in [0.29, 0.717) is 77.5 Å². The SMILES string of the molecule is CC(C)[C@H](NC(=O)N1CCOCC1)C(=O)N1CCC[C@H]1c1ncc(-c2ccc([C@H]3CC[C@H](c4cnc([C@@H]5CCCN5C(=O)[C@@H](NC(=O)N5CCOCC5)C(C)C)[nH]4)CC3)cc2)[nH]1. The van der Waals surface area contributed by atoms with E-state index in [1.807, 2.05) is 49.9 Å². The van der Waals surface area contributed by atoms with E-state index in [1.54, 1.807) is 9.80 Å². The van der Waals surface area contributed by atoms with Crippen molar-refractivity contribution in [2.45, 2.75) is 115 Å². The number of aromatic amines is 2. The molecule has 8 rings (SSSR count). The van der Waals surface area contributed by atoms with Crippen LogP contribution in [-0.2, 0) is 19.1 Å². The summed E-state index contributed by atoms with van der Waals surface area (Å²) in [5, 5.41) is 6.06. The summed E-state index contributed by atoms with van der Waals surface area (Å²) in [5.41, 5.74) is 4.46. The minimum atomic E-state index is -0.619. The summed E-state index contributed by atoms with van der Waals surface area (Å²) in [6.07, 6.45) is 11.5. The van der Waals surface area contributed by atoms with Gasteiger partial charge in [0, 0.05) is 57.1 Å². The van der Waals surface area contributed by atoms with Gasteiger partial charge in [0.15, 0.2) is 0 Å². The third-order valence-corrected chi connectivity index (χ3v) is 13.8. The molecule has 62 heavy (non-hydrogen) atoms. The Morgan fingerprint density at radius 2 is 1.08 bits per heavy atom. The van der Waals surface area contributed by atoms with Crippen molar-refractivity contribution >= 4 is 23.9 Å². The predicted octanol–water partition coefficient (Wildman–Crippen LogP) is 5.70. The number of hydrogen-bond acceptors (Lipinski definition) is 8. The Labute approximate surface area is 365 Å². The summed E-state index contributed by atoms with van der Waals surface area (Å²) in [4.78, 5) is 78.0. The van der Waals surface area contributed by atoms with Gasteiger partial charge in [0.2, 0.25) is 11.8 Å². The molecule has 16 heteroatoms. The summed E-state index contributed by atoms with van der Waals surface area (Å²) < 4.78 is 10.8. The van der Waals surface area contributed by atoms with Gasteiger partial charge in [-0.1, -0.05) is 52.0 Å². The number of ether oxygens (including phenoxy) is 2. The van der Waals surface area contributed by atoms with Crippen molar-refractivity contribution in [3.8, 4) is 11.3 Å². The summed E-state index contributed by atoms with van der Waals surface area (Å²) in [7, 11) is 0. The number of H-pyrrole nitrogens is 2. The highest BCUT2D eigenvalue weighted by Crippen LogP contribution is 2.41. The zero-order valence-electron chi connectivity index (χ0n) is 36.9. The van der Waals surface area contributed by atoms with Crippen molar-refractivity contribution in [3.05, 3.63) is 59.6 Å². The number of hydrogen-bond donors (Lipinski definition) is 4. The Kier molecular flexibility index (Phi) is 13.8. The standard InChI is InChI=1S/C46H66N10O6/c1-29(2)39(51-45(59)53-19-23-61-24-20-53)43(57)55-17-5-7-37(55)41-47-27-35(49-41)33-13-9-31(10-14-33)32-11-15-34(16-12-32)36-28-48-42(50-36)38-8-6-18-56(38)44(58)40(30(3)4)52-46(60)54-21-25-62-26-22-54/h9-10,13-14,27-30,32,34,37-40H,5-8,11-12,15-26H2,1-4H3,(H,47,49)(H,48,50)(H,51,59)(H,52,60)/t32-,34-,37-,38-,39-,40-/m0/s1. The smallest absolute Gasteiger partial charge is 0.318 e. The molecule has 1 aromatic carbocycles. The van der Waals surface area contributed by atoms with Crippen molar-refractivity contribution in [2.75, 3.05) is 65.7 Å². The van der Waals surface area contributed by atoms with E-state index >= 15 is 0 Å². The van der Waals surface area contributed by atoms with E-state index < -0.39 is 12.1 Å². The van der Waals surface area contributed by atoms with Crippen LogP contribution in [0.15, 0.2) is 36.7 Å². The minimum absolute atomic E-state index is 0.0445. The van der Waals surface area contributed by atoms with Crippen molar-refractivity contribution in [1.82, 2.24) is 50.2 Å². The lowest BCUT2D eigenvalue weighted by atomic mass is 9.77. The lowest BCUT2D eigenvalue weighted by Crippen LogP contribution is -2.55. The fourth-order valence-electron chi connectivity index (χ4n) is 10.0. The maximum Gasteiger partial charge on any atom is 0.318 e. The van der Waals surface area contributed by atoms with Gasteiger partial charge in [-0.2, -0.15) is 0 Å². The van der Waals surface area contributed by atoms with E-state index in [-0.39, 0.29) is 47.8 Å². The molecule has 1 saturated carbocycles. The van der Waals surface area contributed by atoms with Crippen LogP contribution in [0.2, 0.25) is 0 Å². The molecule has 1 aliphatic carbocycles. The van der Waals surface area contributed by atoms with E-state index in [4.69, 9.17) is 19.4 Å². The number of rotatable bonds is 11. The maximum atomic E-state index is 14.0. The molecule has 2 aromatic heterocycles. The quantitative estimate of drug-likeness (QED) is 0.190. The Balaban J connectivity index is 0.844. The molecule has 0 radical (unpaired) electrons. The molecule has 5 aliphatic rings. The van der Waals surface area contributed by atoms with Gasteiger partial charge in [-0.25, -0.2) is 19.6 Å². The molecular weight excluding hydrogens is 789 g/mol. The number of aromatic nitrogens is 4. The van der Waals surface area contributed by atoms with Gasteiger partial charge in [0.25, 0.3) is 0 Å². The predicted molar refractivity (Wildman–Crippen MR) is 233 cm³/mol. The molecule has 0 spiro atoms. The molecule has 6 amide bonds. The first kappa shape index (κ1) is 43.7. The molecule has 336 valence electrons. The van der Waals surface area contributed by atoms with Gasteiger partial charge in [-0.3, -0.25) is 9.59 Å². The summed E-state index contributed by atoms with van der Waals surface area (Å²) in [5.74, 6) is 2.25. The average Bonchev–Trinajstić information content (AvgIpc) is 4.15. The Bertz CT molecular complexity index is 2000. The van der Waals surface area contributed by atoms with E-state index in [1.165, 1.54) is 5.56 Å². The Morgan fingerprint density at radius 3 is 1.58 bits per heavy atom. The average molecular weight is 855 g/mol. The molecule has 0 bridgehead atoms. The number of amides is 6. The highest BCUT2D eigenvalue weighted by molar-refractivity contribution is 5.88. The van der Waals surface area contributed by atoms with Crippen LogP contribution < -0.4 is 10.6 Å². The highest BCUT2D eigenvalue weighted by Gasteiger charge is 2.40. The summed E-state index contributed by atoms with van der Waals surface area (Å²) in [6, 6.07) is 6.87. The van der Waals surface area contributed by atoms with Gasteiger partial charge in [-0.05, 0) is 80.2 Å². The van der Waals surface area contributed by atoms with Crippen LogP contribution in [0, 0.1) is 11.8 Å². The number of carbonyl (C=O) groups excluding carboxylic acids is 4. The first-order valence-corrected chi connectivity index (χ1v) is 23.1. The number of carbonyl (C=O) groups is 4. The van der Waals surface area contributed by atoms with Gasteiger partial charge < -0.3 is 49.7 Å². The van der Waals surface area contributed by atoms with E-state index in [9.17, 15) is 19.2 Å². The maximum absolute atomic E-state index is 14.0. The lowest BCUT2D eigenvalue weighted by molar-refractivity contribution is -0.136. The second-order valence-corrected chi connectivity index (χ2v) is 18.5. The fourth-order valence-corrected chi connectivity index (χ4v) is 10.0. The van der Waals surface area contributed by atoms with Crippen LogP contribution in [0.4, 0.5) is 9.59 Å². The lowest BCUT2D eigenvalue weighted by Gasteiger charge is -2.33. The Hall–Kier alpha value is -4.96. The number of benzene rings is 1. The number of nitrogens with zero attached hydrogens (tertiary/aromatic N) is 6. The molecule has 0 unspecified atom stereocenters. The van der Waals surface area contributed by atoms with Gasteiger partial charge in [0.1, 0.15) is 23.7 Å². The van der Waals surface area contributed by atoms with Crippen LogP contribution in [-0.4, -0.2) is 141 Å². The van der Waals surface area contributed by atoms with Crippen molar-refractivity contribution < 1.29 is 28.7 Å². The minimum Gasteiger partial charge on any atom is -0.378 e. The largest absolute Gasteiger partial charge is 0.378 e. The number of imidazole rings is 2. The molecule has 4 N–H and O–H groups in total. The van der Waals surface area contributed by atoms with Crippen molar-refractivity contribution in [1.29, 1.82) is 0 Å². The van der Waals surface area contributed by atoms with Gasteiger partial charge >= 0.3 is 12.1 Å². The number of nitrogens with one attached hydrogen (secondary N) is 4. The zero-order chi connectivity index (χ0) is 43.3. The monoisotopic (exact) mass is 855 g/mol. The number of likely N-dealkylation sites (tertiary alicyclic amines) is 2. The zero-order valence-corrected chi connectivity index (χ0v) is 36.9. The second kappa shape index (κ2) is 19.6. The Morgan fingerprint density at radius 1 is 0.613 bits per heavy atom. The van der Waals surface area contributed by atoms with Crippen LogP contribution >= 0.6 is 0 Å². The molecule has 6 heterocycles. The van der Waals surface area contributed by atoms with Crippen LogP contribution in [0.25, 0.3) is 11.3 Å². The fraction of sp³-hybridized carbons (Fsp3) is 0.652. The summed E-state index contributed by atoms with van der Waals surface area (Å²) >= 11 is 0. The molecule has 16 nitrogen and oxygen atoms in total. The number of morpholine rings is 2. The third kappa shape index (κ3) is 9.65. The van der Waals surface area contributed by atoms with Crippen molar-refractivity contribution in [3.63, 3.8) is 0 Å². The van der Waals surface area contributed by atoms with Crippen LogP contribution in [0.5, 0.6) is 0 Å². The van der Waals surface area contributed by atoms with Crippen LogP contribution in [0.1, 0.15) is 126 Å². The van der Waals surface area contributed by atoms with Crippen molar-refractivity contribution in [2.24, 2.45) is 11.8 Å². The number of urea groups is 2. The van der Waals surface area contributed by atoms with Gasteiger partial charge in [-0.15, -0.1) is 0 Å². The molecular formula is C46H66N10O6. The third-order valence-electron chi connectivity index (χ3n) is 13.8. The second-order valence-electron chi connectivity index (χ2n) is 18.5. The summed E-state index contributed by atoms with van der Waals surface area (Å²) in [6.45, 7) is 13.3. The van der Waals surface area contributed by atoms with E-state index in [2.05, 4.69) is 44.9 Å². The first-order chi connectivity index (χ1) is 30.0. The van der Waals surface area contributed by atoms with Crippen LogP contribution in [0.3, 0.4) is 0 Å². The molecule has 4 saturated heterocycles. The first-order valence-electron chi connectivity index (χ1n) is 23.1.